The highest BCUT2D eigenvalue weighted by molar-refractivity contribution is 8.07. The lowest BCUT2D eigenvalue weighted by molar-refractivity contribution is -0.616. The van der Waals surface area contributed by atoms with Crippen molar-refractivity contribution in [1.82, 2.24) is 0 Å². The van der Waals surface area contributed by atoms with E-state index in [-0.39, 0.29) is 24.8 Å². The molecule has 1 unspecified atom stereocenters. The Labute approximate surface area is 174 Å². The van der Waals surface area contributed by atoms with Gasteiger partial charge >= 0.3 is 6.72 Å². The molecule has 0 saturated carbocycles. The van der Waals surface area contributed by atoms with E-state index in [0.717, 1.165) is 22.3 Å². The van der Waals surface area contributed by atoms with Crippen LogP contribution in [0.15, 0.2) is 66.9 Å². The van der Waals surface area contributed by atoms with Gasteiger partial charge in [0.25, 0.3) is 0 Å². The minimum atomic E-state index is -3.54. The molecular weight excluding hydrogens is 409 g/mol. The second kappa shape index (κ2) is 8.22. The highest BCUT2D eigenvalue weighted by Crippen LogP contribution is 2.49. The van der Waals surface area contributed by atoms with Gasteiger partial charge in [0.2, 0.25) is 5.69 Å². The number of benzene rings is 2. The molecule has 0 amide bonds. The summed E-state index contributed by atoms with van der Waals surface area (Å²) < 4.78 is 16.8. The third-order valence-electron chi connectivity index (χ3n) is 4.94. The monoisotopic (exact) mass is 429 g/mol. The predicted octanol–water partition coefficient (Wildman–Crippen LogP) is 3.89. The predicted molar refractivity (Wildman–Crippen MR) is 113 cm³/mol. The first kappa shape index (κ1) is 20.0. The highest BCUT2D eigenvalue weighted by Gasteiger charge is 2.30. The summed E-state index contributed by atoms with van der Waals surface area (Å²) >= 11 is 5.16. The zero-order valence-corrected chi connectivity index (χ0v) is 17.4. The first-order valence-electron chi connectivity index (χ1n) is 9.05. The van der Waals surface area contributed by atoms with Crippen LogP contribution in [0.2, 0.25) is 0 Å². The standard InChI is InChI=1S/C21H20NO5PS/c1-25-16-10-11-22(23)15(12-16)13-26-28(24,29)27-14-21-19-8-4-2-6-17(19)18-7-3-5-9-20(18)21/h2-12,21H,13-14H2,1H3,(H,24,29). The molecule has 29 heavy (non-hydrogen) atoms. The normalized spacial score (nSPS) is 14.8. The number of nitrogens with zero attached hydrogens (tertiary/aromatic N) is 1. The molecule has 3 aromatic rings. The van der Waals surface area contributed by atoms with Crippen LogP contribution >= 0.6 is 6.72 Å². The summed E-state index contributed by atoms with van der Waals surface area (Å²) in [6, 6.07) is 19.3. The van der Waals surface area contributed by atoms with Crippen LogP contribution in [-0.2, 0) is 27.5 Å². The summed E-state index contributed by atoms with van der Waals surface area (Å²) in [5.74, 6) is 0.476. The smallest absolute Gasteiger partial charge is 0.325 e. The van der Waals surface area contributed by atoms with Crippen LogP contribution in [-0.4, -0.2) is 18.6 Å². The van der Waals surface area contributed by atoms with Crippen molar-refractivity contribution in [3.63, 3.8) is 0 Å². The third kappa shape index (κ3) is 4.20. The molecule has 0 fully saturated rings. The quantitative estimate of drug-likeness (QED) is 0.349. The van der Waals surface area contributed by atoms with E-state index in [1.54, 1.807) is 0 Å². The zero-order valence-electron chi connectivity index (χ0n) is 15.7. The van der Waals surface area contributed by atoms with Gasteiger partial charge < -0.3 is 19.4 Å². The largest absolute Gasteiger partial charge is 0.618 e. The minimum Gasteiger partial charge on any atom is -0.618 e. The Bertz CT molecular complexity index is 1040. The number of hydrogen-bond acceptors (Lipinski definition) is 5. The molecule has 0 aliphatic heterocycles. The van der Waals surface area contributed by atoms with E-state index in [2.05, 4.69) is 24.3 Å². The maximum atomic E-state index is 11.9. The van der Waals surface area contributed by atoms with Crippen molar-refractivity contribution < 1.29 is 23.4 Å². The van der Waals surface area contributed by atoms with Crippen LogP contribution in [0, 0.1) is 5.21 Å². The fourth-order valence-electron chi connectivity index (χ4n) is 3.54. The molecule has 1 N–H and O–H groups in total. The van der Waals surface area contributed by atoms with Gasteiger partial charge in [0.05, 0.1) is 19.8 Å². The van der Waals surface area contributed by atoms with Crippen LogP contribution < -0.4 is 9.47 Å². The van der Waals surface area contributed by atoms with E-state index >= 15 is 0 Å². The number of aromatic nitrogens is 1. The zero-order chi connectivity index (χ0) is 20.4. The Morgan fingerprint density at radius 2 is 1.66 bits per heavy atom. The molecule has 1 aromatic heterocycles. The Hall–Kier alpha value is -2.28. The number of rotatable bonds is 7. The molecule has 1 aliphatic rings. The number of fused-ring (bicyclic) bond motifs is 3. The molecule has 1 heterocycles. The molecular formula is C21H20NO5PS. The summed E-state index contributed by atoms with van der Waals surface area (Å²) in [7, 11) is 1.51. The Balaban J connectivity index is 1.47. The maximum Gasteiger partial charge on any atom is 0.325 e. The summed E-state index contributed by atoms with van der Waals surface area (Å²) in [4.78, 5) is 10.5. The van der Waals surface area contributed by atoms with Gasteiger partial charge in [-0.3, -0.25) is 4.52 Å². The molecule has 0 spiro atoms. The van der Waals surface area contributed by atoms with Crippen molar-refractivity contribution in [2.45, 2.75) is 12.5 Å². The Morgan fingerprint density at radius 1 is 1.03 bits per heavy atom. The van der Waals surface area contributed by atoms with Crippen molar-refractivity contribution in [3.05, 3.63) is 88.9 Å². The molecule has 150 valence electrons. The van der Waals surface area contributed by atoms with Gasteiger partial charge in [-0.05, 0) is 34.1 Å². The second-order valence-electron chi connectivity index (χ2n) is 6.65. The molecule has 8 heteroatoms. The van der Waals surface area contributed by atoms with Crippen LogP contribution in [0.1, 0.15) is 22.7 Å². The van der Waals surface area contributed by atoms with Gasteiger partial charge in [-0.1, -0.05) is 48.5 Å². The van der Waals surface area contributed by atoms with E-state index in [1.165, 1.54) is 25.4 Å². The van der Waals surface area contributed by atoms with Crippen molar-refractivity contribution in [1.29, 1.82) is 0 Å². The molecule has 1 atom stereocenters. The average Bonchev–Trinajstić information content (AvgIpc) is 3.06. The van der Waals surface area contributed by atoms with Gasteiger partial charge in [-0.25, -0.2) is 0 Å². The number of ether oxygens (including phenoxy) is 1. The highest BCUT2D eigenvalue weighted by atomic mass is 32.5. The lowest BCUT2D eigenvalue weighted by Gasteiger charge is -2.19. The van der Waals surface area contributed by atoms with Crippen molar-refractivity contribution in [3.8, 4) is 16.9 Å². The van der Waals surface area contributed by atoms with Crippen LogP contribution in [0.25, 0.3) is 11.1 Å². The minimum absolute atomic E-state index is 0.0401. The van der Waals surface area contributed by atoms with E-state index in [0.29, 0.717) is 10.5 Å². The Morgan fingerprint density at radius 3 is 2.28 bits per heavy atom. The average molecular weight is 429 g/mol. The fourth-order valence-corrected chi connectivity index (χ4v) is 4.59. The second-order valence-corrected chi connectivity index (χ2v) is 9.49. The summed E-state index contributed by atoms with van der Waals surface area (Å²) in [6.07, 6.45) is 1.31. The first-order chi connectivity index (χ1) is 14.0. The van der Waals surface area contributed by atoms with E-state index < -0.39 is 6.72 Å². The van der Waals surface area contributed by atoms with Crippen LogP contribution in [0.3, 0.4) is 0 Å². The SMILES string of the molecule is COc1cc[n+]([O-])c(COP(O)(=S)OCC2c3ccccc3-c3ccccc32)c1. The molecule has 0 radical (unpaired) electrons. The molecule has 4 rings (SSSR count). The van der Waals surface area contributed by atoms with Crippen LogP contribution in [0.5, 0.6) is 5.75 Å². The number of pyridine rings is 1. The van der Waals surface area contributed by atoms with Gasteiger partial charge in [0.1, 0.15) is 12.4 Å². The van der Waals surface area contributed by atoms with Gasteiger partial charge in [0.15, 0.2) is 6.20 Å². The molecule has 0 saturated heterocycles. The lowest BCUT2D eigenvalue weighted by Crippen LogP contribution is -2.31. The van der Waals surface area contributed by atoms with Crippen LogP contribution in [0.4, 0.5) is 0 Å². The molecule has 1 aliphatic carbocycles. The number of methoxy groups -OCH3 is 1. The summed E-state index contributed by atoms with van der Waals surface area (Å²) in [5, 5.41) is 11.9. The van der Waals surface area contributed by atoms with Crippen molar-refractivity contribution in [2.24, 2.45) is 0 Å². The first-order valence-corrected chi connectivity index (χ1v) is 11.6. The molecule has 6 nitrogen and oxygen atoms in total. The van der Waals surface area contributed by atoms with Gasteiger partial charge in [-0.15, -0.1) is 0 Å². The topological polar surface area (TPSA) is 74.9 Å². The van der Waals surface area contributed by atoms with Gasteiger partial charge in [-0.2, -0.15) is 4.73 Å². The van der Waals surface area contributed by atoms with Crippen molar-refractivity contribution >= 4 is 18.5 Å². The van der Waals surface area contributed by atoms with E-state index in [9.17, 15) is 10.1 Å². The summed E-state index contributed by atoms with van der Waals surface area (Å²) in [6.45, 7) is -3.52. The third-order valence-corrected chi connectivity index (χ3v) is 6.51. The van der Waals surface area contributed by atoms with E-state index in [4.69, 9.17) is 25.6 Å². The van der Waals surface area contributed by atoms with E-state index in [1.807, 2.05) is 24.3 Å². The maximum absolute atomic E-state index is 11.9. The summed E-state index contributed by atoms with van der Waals surface area (Å²) in [5.41, 5.74) is 4.86. The van der Waals surface area contributed by atoms with Crippen molar-refractivity contribution in [2.75, 3.05) is 13.7 Å². The fraction of sp³-hybridized carbons (Fsp3) is 0.190. The Kier molecular flexibility index (Phi) is 5.67. The molecule has 0 bridgehead atoms. The number of hydrogen-bond donors (Lipinski definition) is 1. The van der Waals surface area contributed by atoms with Gasteiger partial charge in [0, 0.05) is 12.0 Å². The lowest BCUT2D eigenvalue weighted by atomic mass is 9.98. The molecule has 2 aromatic carbocycles.